The molecule has 3 aromatic heterocycles. The van der Waals surface area contributed by atoms with Gasteiger partial charge >= 0.3 is 0 Å². The minimum absolute atomic E-state index is 0.113. The third kappa shape index (κ3) is 6.14. The van der Waals surface area contributed by atoms with Gasteiger partial charge in [0.1, 0.15) is 17.3 Å². The SMILES string of the molecule is [2H]c1c([2H])c([2H])c(-c2c([2H])c([2H])c([2H])c(-c3c([2H])c([2H])c([2H])c([2H])c3[2H])c2-[n+]2[c-]n(-c3cccc(Oc4ccc5c6ccccc6n(-c6cc(C(C)(C)C)ccn6)c5c4)c3)c3ccccc32)c([2H])c1[2H]. The highest BCUT2D eigenvalue weighted by Crippen LogP contribution is 2.37. The van der Waals surface area contributed by atoms with Crippen LogP contribution in [-0.4, -0.2) is 14.1 Å². The second-order valence-electron chi connectivity index (χ2n) is 14.5. The summed E-state index contributed by atoms with van der Waals surface area (Å²) >= 11 is 0. The highest BCUT2D eigenvalue weighted by Gasteiger charge is 2.21. The van der Waals surface area contributed by atoms with Crippen LogP contribution in [0.1, 0.15) is 44.2 Å². The second-order valence-corrected chi connectivity index (χ2v) is 14.5. The number of ether oxygens (including phenoxy) is 1. The molecule has 3 heterocycles. The summed E-state index contributed by atoms with van der Waals surface area (Å²) in [5.74, 6) is 1.73. The lowest BCUT2D eigenvalue weighted by molar-refractivity contribution is -0.571. The number of para-hydroxylation sites is 4. The van der Waals surface area contributed by atoms with Gasteiger partial charge in [-0.25, -0.2) is 4.98 Å². The minimum atomic E-state index is -0.769. The van der Waals surface area contributed by atoms with Gasteiger partial charge in [-0.05, 0) is 81.8 Å². The molecule has 5 heteroatoms. The van der Waals surface area contributed by atoms with Crippen LogP contribution in [-0.2, 0) is 5.41 Å². The number of pyridine rings is 1. The largest absolute Gasteiger partial charge is 0.458 e. The number of imidazole rings is 1. The lowest BCUT2D eigenvalue weighted by Crippen LogP contribution is -2.31. The van der Waals surface area contributed by atoms with E-state index in [1.54, 1.807) is 53.1 Å². The van der Waals surface area contributed by atoms with Crippen LogP contribution in [0.15, 0.2) is 188 Å². The molecule has 0 amide bonds. The van der Waals surface area contributed by atoms with Crippen LogP contribution < -0.4 is 9.30 Å². The number of aromatic nitrogens is 4. The first-order chi connectivity index (χ1) is 33.3. The molecule has 10 aromatic rings. The van der Waals surface area contributed by atoms with Crippen LogP contribution in [0.2, 0.25) is 0 Å². The van der Waals surface area contributed by atoms with Gasteiger partial charge < -0.3 is 4.74 Å². The van der Waals surface area contributed by atoms with Crippen LogP contribution in [0.5, 0.6) is 11.5 Å². The second kappa shape index (κ2) is 13.8. The quantitative estimate of drug-likeness (QED) is 0.120. The van der Waals surface area contributed by atoms with Gasteiger partial charge in [0.05, 0.1) is 51.3 Å². The van der Waals surface area contributed by atoms with Gasteiger partial charge in [0, 0.05) is 23.0 Å². The van der Waals surface area contributed by atoms with E-state index in [9.17, 15) is 2.74 Å². The molecule has 0 fully saturated rings. The lowest BCUT2D eigenvalue weighted by Gasteiger charge is -2.20. The fourth-order valence-electron chi connectivity index (χ4n) is 7.24. The van der Waals surface area contributed by atoms with Gasteiger partial charge in [0.25, 0.3) is 6.33 Å². The molecule has 0 saturated carbocycles. The Morgan fingerprint density at radius 1 is 0.614 bits per heavy atom. The predicted molar refractivity (Wildman–Crippen MR) is 232 cm³/mol. The summed E-state index contributed by atoms with van der Waals surface area (Å²) in [6.07, 6.45) is 5.10. The van der Waals surface area contributed by atoms with Crippen molar-refractivity contribution in [2.24, 2.45) is 0 Å². The van der Waals surface area contributed by atoms with E-state index in [1.807, 2.05) is 42.6 Å². The fourth-order valence-corrected chi connectivity index (χ4v) is 7.24. The molecule has 0 spiro atoms. The average molecular weight is 750 g/mol. The van der Waals surface area contributed by atoms with Crippen molar-refractivity contribution in [2.45, 2.75) is 26.2 Å². The molecule has 0 aliphatic rings. The molecule has 57 heavy (non-hydrogen) atoms. The minimum Gasteiger partial charge on any atom is -0.458 e. The van der Waals surface area contributed by atoms with Crippen molar-refractivity contribution < 1.29 is 27.1 Å². The summed E-state index contributed by atoms with van der Waals surface area (Å²) in [6.45, 7) is 6.48. The predicted octanol–water partition coefficient (Wildman–Crippen LogP) is 12.6. The molecule has 0 aliphatic heterocycles. The van der Waals surface area contributed by atoms with E-state index in [0.29, 0.717) is 28.2 Å². The first-order valence-corrected chi connectivity index (χ1v) is 18.3. The first-order valence-electron chi connectivity index (χ1n) is 24.8. The summed E-state index contributed by atoms with van der Waals surface area (Å²) in [4.78, 5) is 4.80. The van der Waals surface area contributed by atoms with Crippen LogP contribution in [0.4, 0.5) is 0 Å². The third-order valence-corrected chi connectivity index (χ3v) is 9.93. The van der Waals surface area contributed by atoms with Gasteiger partial charge in [0.2, 0.25) is 0 Å². The number of hydrogen-bond acceptors (Lipinski definition) is 2. The summed E-state index contributed by atoms with van der Waals surface area (Å²) in [6, 6.07) is 22.8. The van der Waals surface area contributed by atoms with E-state index in [2.05, 4.69) is 49.9 Å². The maximum atomic E-state index is 9.33. The zero-order chi connectivity index (χ0) is 49.8. The van der Waals surface area contributed by atoms with Gasteiger partial charge in [-0.1, -0.05) is 148 Å². The van der Waals surface area contributed by atoms with Gasteiger partial charge in [-0.15, -0.1) is 0 Å². The molecule has 0 bridgehead atoms. The maximum Gasteiger partial charge on any atom is 0.269 e. The van der Waals surface area contributed by atoms with Crippen molar-refractivity contribution in [1.29, 1.82) is 0 Å². The van der Waals surface area contributed by atoms with E-state index >= 15 is 0 Å². The summed E-state index contributed by atoms with van der Waals surface area (Å²) in [5, 5.41) is 2.06. The Bertz CT molecular complexity index is 3700. The smallest absolute Gasteiger partial charge is 0.269 e. The molecule has 5 nitrogen and oxygen atoms in total. The van der Waals surface area contributed by atoms with Crippen molar-refractivity contribution in [3.63, 3.8) is 0 Å². The van der Waals surface area contributed by atoms with E-state index in [1.165, 1.54) is 4.57 Å². The van der Waals surface area contributed by atoms with Gasteiger partial charge in [-0.3, -0.25) is 13.7 Å². The van der Waals surface area contributed by atoms with Crippen LogP contribution in [0.25, 0.3) is 72.3 Å². The Hall–Kier alpha value is -7.24. The van der Waals surface area contributed by atoms with E-state index in [-0.39, 0.29) is 11.1 Å². The Labute approximate surface area is 350 Å². The molecule has 0 radical (unpaired) electrons. The number of rotatable bonds is 7. The molecule has 274 valence electrons. The van der Waals surface area contributed by atoms with Gasteiger partial charge in [0.15, 0.2) is 0 Å². The Morgan fingerprint density at radius 3 is 2.02 bits per heavy atom. The molecule has 0 unspecified atom stereocenters. The van der Waals surface area contributed by atoms with E-state index in [4.69, 9.17) is 24.8 Å². The van der Waals surface area contributed by atoms with Crippen molar-refractivity contribution >= 4 is 32.8 Å². The van der Waals surface area contributed by atoms with Crippen LogP contribution in [0, 0.1) is 6.33 Å². The Morgan fingerprint density at radius 2 is 1.28 bits per heavy atom. The summed E-state index contributed by atoms with van der Waals surface area (Å²) in [5.41, 5.74) is 2.16. The topological polar surface area (TPSA) is 35.9 Å². The van der Waals surface area contributed by atoms with Crippen molar-refractivity contribution in [1.82, 2.24) is 14.1 Å². The van der Waals surface area contributed by atoms with Crippen molar-refractivity contribution in [2.75, 3.05) is 0 Å². The van der Waals surface area contributed by atoms with E-state index < -0.39 is 101 Å². The zero-order valence-electron chi connectivity index (χ0n) is 44.1. The van der Waals surface area contributed by atoms with Gasteiger partial charge in [-0.2, -0.15) is 0 Å². The van der Waals surface area contributed by atoms with Crippen molar-refractivity contribution in [3.05, 3.63) is 200 Å². The molecule has 0 aliphatic carbocycles. The van der Waals surface area contributed by atoms with Crippen LogP contribution in [0.3, 0.4) is 0 Å². The summed E-state index contributed by atoms with van der Waals surface area (Å²) < 4.78 is 126. The molecule has 10 rings (SSSR count). The normalized spacial score (nSPS) is 15.0. The number of benzene rings is 7. The molecule has 7 aromatic carbocycles. The fraction of sp³-hybridized carbons (Fsp3) is 0.0769. The third-order valence-electron chi connectivity index (χ3n) is 9.93. The maximum absolute atomic E-state index is 9.33. The average Bonchev–Trinajstić information content (AvgIpc) is 3.90. The molecule has 0 N–H and O–H groups in total. The van der Waals surface area contributed by atoms with E-state index in [0.717, 1.165) is 33.2 Å². The number of hydrogen-bond donors (Lipinski definition) is 0. The molecule has 0 atom stereocenters. The number of nitrogens with zero attached hydrogens (tertiary/aromatic N) is 4. The molecule has 0 saturated heterocycles. The monoisotopic (exact) mass is 749 g/mol. The van der Waals surface area contributed by atoms with Crippen LogP contribution >= 0.6 is 0 Å². The summed E-state index contributed by atoms with van der Waals surface area (Å²) in [7, 11) is 0. The lowest BCUT2D eigenvalue weighted by atomic mass is 9.88. The Balaban J connectivity index is 1.19. The highest BCUT2D eigenvalue weighted by atomic mass is 16.5. The highest BCUT2D eigenvalue weighted by molar-refractivity contribution is 6.09. The molecular formula is C52H40N4O. The standard InChI is InChI=1S/C52H40N4O/c1-52(2,3)38-30-31-53-50(32-38)56-46-25-11-10-22-44(46)45-29-28-41(34-49(45)56)57-40-21-14-20-39(33-40)54-35-55(48-27-13-12-26-47(48)54)51-42(36-16-6-4-7-17-36)23-15-24-43(51)37-18-8-5-9-19-37/h4-34H,1-3H3/i4D,5D,6D,7D,8D,9D,15D,16D,17D,18D,19D,23D,24D. The Kier molecular flexibility index (Phi) is 5.56. The van der Waals surface area contributed by atoms with Crippen molar-refractivity contribution in [3.8, 4) is 50.9 Å². The zero-order valence-corrected chi connectivity index (χ0v) is 31.1. The molecular weight excluding hydrogens is 697 g/mol. The first kappa shape index (κ1) is 23.0. The number of fused-ring (bicyclic) bond motifs is 4.